The quantitative estimate of drug-likeness (QED) is 0.865. The number of hydrogen-bond donors (Lipinski definition) is 0. The molecule has 110 valence electrons. The highest BCUT2D eigenvalue weighted by atomic mass is 35.5. The Morgan fingerprint density at radius 3 is 2.62 bits per heavy atom. The molecule has 0 aliphatic carbocycles. The zero-order valence-corrected chi connectivity index (χ0v) is 12.4. The van der Waals surface area contributed by atoms with Gasteiger partial charge in [-0.05, 0) is 36.6 Å². The van der Waals surface area contributed by atoms with Gasteiger partial charge in [-0.2, -0.15) is 15.0 Å². The Hall–Kier alpha value is -2.08. The van der Waals surface area contributed by atoms with Gasteiger partial charge in [-0.15, -0.1) is 0 Å². The Labute approximate surface area is 127 Å². The zero-order chi connectivity index (χ0) is 14.7. The zero-order valence-electron chi connectivity index (χ0n) is 11.6. The molecule has 0 bridgehead atoms. The molecule has 1 fully saturated rings. The van der Waals surface area contributed by atoms with E-state index in [1.165, 1.54) is 0 Å². The van der Waals surface area contributed by atoms with E-state index in [2.05, 4.69) is 19.9 Å². The molecule has 1 saturated heterocycles. The summed E-state index contributed by atoms with van der Waals surface area (Å²) in [4.78, 5) is 14.6. The normalized spacial score (nSPS) is 14.3. The lowest BCUT2D eigenvalue weighted by molar-refractivity contribution is 0.404. The Morgan fingerprint density at radius 2 is 1.86 bits per heavy atom. The summed E-state index contributed by atoms with van der Waals surface area (Å²) in [5.41, 5.74) is 0. The third-order valence-electron chi connectivity index (χ3n) is 3.22. The van der Waals surface area contributed by atoms with Crippen molar-refractivity contribution in [3.63, 3.8) is 0 Å². The summed E-state index contributed by atoms with van der Waals surface area (Å²) >= 11 is 5.96. The van der Waals surface area contributed by atoms with Crippen molar-refractivity contribution >= 4 is 17.5 Å². The van der Waals surface area contributed by atoms with Crippen molar-refractivity contribution in [1.82, 2.24) is 15.0 Å². The molecule has 2 aromatic rings. The molecule has 6 nitrogen and oxygen atoms in total. The molecule has 1 aromatic heterocycles. The van der Waals surface area contributed by atoms with E-state index in [0.717, 1.165) is 25.9 Å². The molecule has 1 aliphatic heterocycles. The Balaban J connectivity index is 1.84. The third kappa shape index (κ3) is 3.33. The maximum atomic E-state index is 5.96. The maximum absolute atomic E-state index is 5.96. The van der Waals surface area contributed by atoms with Crippen molar-refractivity contribution in [2.45, 2.75) is 12.8 Å². The van der Waals surface area contributed by atoms with Crippen LogP contribution in [-0.2, 0) is 0 Å². The fourth-order valence-corrected chi connectivity index (χ4v) is 2.34. The molecule has 21 heavy (non-hydrogen) atoms. The lowest BCUT2D eigenvalue weighted by Gasteiger charge is -2.15. The third-order valence-corrected chi connectivity index (χ3v) is 3.38. The second kappa shape index (κ2) is 6.13. The van der Waals surface area contributed by atoms with Crippen LogP contribution in [-0.4, -0.2) is 35.2 Å². The molecule has 2 heterocycles. The molecule has 0 amide bonds. The van der Waals surface area contributed by atoms with Gasteiger partial charge in [-0.25, -0.2) is 0 Å². The van der Waals surface area contributed by atoms with E-state index in [1.54, 1.807) is 19.2 Å². The van der Waals surface area contributed by atoms with Crippen LogP contribution in [0.5, 0.6) is 17.5 Å². The van der Waals surface area contributed by atoms with E-state index in [1.807, 2.05) is 12.1 Å². The molecule has 0 unspecified atom stereocenters. The average Bonchev–Trinajstić information content (AvgIpc) is 3.01. The molecule has 0 N–H and O–H groups in total. The summed E-state index contributed by atoms with van der Waals surface area (Å²) in [6, 6.07) is 7.41. The fourth-order valence-electron chi connectivity index (χ4n) is 2.20. The van der Waals surface area contributed by atoms with Crippen LogP contribution in [0.25, 0.3) is 0 Å². The molecule has 7 heteroatoms. The van der Waals surface area contributed by atoms with E-state index in [-0.39, 0.29) is 11.3 Å². The summed E-state index contributed by atoms with van der Waals surface area (Å²) in [7, 11) is 1.60. The molecule has 1 aliphatic rings. The van der Waals surface area contributed by atoms with Gasteiger partial charge >= 0.3 is 6.01 Å². The summed E-state index contributed by atoms with van der Waals surface area (Å²) in [5, 5.41) is 0.129. The van der Waals surface area contributed by atoms with Crippen LogP contribution in [0.4, 0.5) is 5.95 Å². The Kier molecular flexibility index (Phi) is 4.06. The monoisotopic (exact) mass is 306 g/mol. The van der Waals surface area contributed by atoms with Crippen LogP contribution in [0, 0.1) is 0 Å². The van der Waals surface area contributed by atoms with Crippen molar-refractivity contribution in [3.05, 3.63) is 29.5 Å². The van der Waals surface area contributed by atoms with Crippen molar-refractivity contribution in [2.24, 2.45) is 0 Å². The number of nitrogens with zero attached hydrogens (tertiary/aromatic N) is 4. The largest absolute Gasteiger partial charge is 0.497 e. The molecule has 0 saturated carbocycles. The van der Waals surface area contributed by atoms with E-state index >= 15 is 0 Å². The van der Waals surface area contributed by atoms with E-state index < -0.39 is 0 Å². The van der Waals surface area contributed by atoms with Gasteiger partial charge in [0.25, 0.3) is 0 Å². The SMILES string of the molecule is COc1cccc(Oc2nc(Cl)nc(N3CCCC3)n2)c1. The predicted molar refractivity (Wildman–Crippen MR) is 79.4 cm³/mol. The predicted octanol–water partition coefficient (Wildman–Crippen LogP) is 2.93. The van der Waals surface area contributed by atoms with Gasteiger partial charge in [-0.1, -0.05) is 6.07 Å². The minimum Gasteiger partial charge on any atom is -0.497 e. The Bertz CT molecular complexity index is 632. The van der Waals surface area contributed by atoms with Gasteiger partial charge in [0.15, 0.2) is 0 Å². The lowest BCUT2D eigenvalue weighted by atomic mass is 10.3. The van der Waals surface area contributed by atoms with Gasteiger partial charge in [-0.3, -0.25) is 0 Å². The van der Waals surface area contributed by atoms with Gasteiger partial charge in [0, 0.05) is 19.2 Å². The van der Waals surface area contributed by atoms with E-state index in [0.29, 0.717) is 17.4 Å². The molecule has 0 radical (unpaired) electrons. The summed E-state index contributed by atoms with van der Waals surface area (Å²) in [6.45, 7) is 1.86. The minimum absolute atomic E-state index is 0.129. The number of halogens is 1. The van der Waals surface area contributed by atoms with E-state index in [9.17, 15) is 0 Å². The smallest absolute Gasteiger partial charge is 0.328 e. The number of benzene rings is 1. The highest BCUT2D eigenvalue weighted by Gasteiger charge is 2.17. The van der Waals surface area contributed by atoms with Gasteiger partial charge in [0.1, 0.15) is 11.5 Å². The first kappa shape index (κ1) is 13.9. The second-order valence-corrected chi connectivity index (χ2v) is 5.00. The van der Waals surface area contributed by atoms with Crippen LogP contribution in [0.2, 0.25) is 5.28 Å². The first-order valence-electron chi connectivity index (χ1n) is 6.73. The minimum atomic E-state index is 0.129. The highest BCUT2D eigenvalue weighted by molar-refractivity contribution is 6.28. The number of anilines is 1. The van der Waals surface area contributed by atoms with Crippen molar-refractivity contribution in [1.29, 1.82) is 0 Å². The first-order valence-corrected chi connectivity index (χ1v) is 7.11. The first-order chi connectivity index (χ1) is 10.2. The lowest BCUT2D eigenvalue weighted by Crippen LogP contribution is -2.21. The highest BCUT2D eigenvalue weighted by Crippen LogP contribution is 2.25. The fraction of sp³-hybridized carbons (Fsp3) is 0.357. The number of ether oxygens (including phenoxy) is 2. The van der Waals surface area contributed by atoms with Crippen LogP contribution < -0.4 is 14.4 Å². The van der Waals surface area contributed by atoms with Crippen molar-refractivity contribution < 1.29 is 9.47 Å². The summed E-state index contributed by atoms with van der Waals surface area (Å²) in [5.74, 6) is 1.85. The number of rotatable bonds is 4. The van der Waals surface area contributed by atoms with Gasteiger partial charge < -0.3 is 14.4 Å². The van der Waals surface area contributed by atoms with Crippen molar-refractivity contribution in [3.8, 4) is 17.5 Å². The molecular weight excluding hydrogens is 292 g/mol. The van der Waals surface area contributed by atoms with E-state index in [4.69, 9.17) is 21.1 Å². The maximum Gasteiger partial charge on any atom is 0.328 e. The van der Waals surface area contributed by atoms with Crippen LogP contribution in [0.1, 0.15) is 12.8 Å². The average molecular weight is 307 g/mol. The Morgan fingerprint density at radius 1 is 1.10 bits per heavy atom. The molecule has 0 spiro atoms. The number of aromatic nitrogens is 3. The standard InChI is InChI=1S/C14H15ClN4O2/c1-20-10-5-4-6-11(9-10)21-14-17-12(15)16-13(18-14)19-7-2-3-8-19/h4-6,9H,2-3,7-8H2,1H3. The van der Waals surface area contributed by atoms with Gasteiger partial charge in [0.2, 0.25) is 11.2 Å². The molecule has 1 aromatic carbocycles. The topological polar surface area (TPSA) is 60.4 Å². The van der Waals surface area contributed by atoms with Gasteiger partial charge in [0.05, 0.1) is 7.11 Å². The van der Waals surface area contributed by atoms with Crippen molar-refractivity contribution in [2.75, 3.05) is 25.1 Å². The van der Waals surface area contributed by atoms with Crippen LogP contribution >= 0.6 is 11.6 Å². The molecular formula is C14H15ClN4O2. The number of hydrogen-bond acceptors (Lipinski definition) is 6. The summed E-state index contributed by atoms with van der Waals surface area (Å²) in [6.07, 6.45) is 2.27. The molecule has 0 atom stereocenters. The molecule has 3 rings (SSSR count). The number of methoxy groups -OCH3 is 1. The van der Waals surface area contributed by atoms with Crippen LogP contribution in [0.15, 0.2) is 24.3 Å². The van der Waals surface area contributed by atoms with Crippen LogP contribution in [0.3, 0.4) is 0 Å². The summed E-state index contributed by atoms with van der Waals surface area (Å²) < 4.78 is 10.8. The second-order valence-electron chi connectivity index (χ2n) is 4.66.